The summed E-state index contributed by atoms with van der Waals surface area (Å²) in [6, 6.07) is 0. The fourth-order valence-electron chi connectivity index (χ4n) is 1.76. The van der Waals surface area contributed by atoms with Crippen LogP contribution >= 0.6 is 0 Å². The Labute approximate surface area is 142 Å². The highest BCUT2D eigenvalue weighted by atomic mass is 16.2. The minimum atomic E-state index is 0.137. The van der Waals surface area contributed by atoms with Crippen molar-refractivity contribution < 1.29 is 5.11 Å². The molecule has 0 saturated heterocycles. The highest BCUT2D eigenvalue weighted by Gasteiger charge is 2.05. The Morgan fingerprint density at radius 2 is 1.43 bits per heavy atom. The van der Waals surface area contributed by atoms with E-state index in [4.69, 9.17) is 5.11 Å². The number of hydrogen-bond donors (Lipinski definition) is 1. The first-order chi connectivity index (χ1) is 10.7. The van der Waals surface area contributed by atoms with Crippen LogP contribution in [-0.4, -0.2) is 11.7 Å². The second-order valence-electron chi connectivity index (χ2n) is 5.58. The summed E-state index contributed by atoms with van der Waals surface area (Å²) >= 11 is 0. The molecule has 0 bridgehead atoms. The van der Waals surface area contributed by atoms with Crippen molar-refractivity contribution in [1.82, 2.24) is 0 Å². The molecular weight excluding hydrogens is 280 g/mol. The summed E-state index contributed by atoms with van der Waals surface area (Å²) in [5.41, 5.74) is 6.52. The van der Waals surface area contributed by atoms with Gasteiger partial charge in [-0.1, -0.05) is 69.7 Å². The Hall–Kier alpha value is -2.12. The van der Waals surface area contributed by atoms with Crippen LogP contribution < -0.4 is 0 Å². The molecule has 0 aromatic carbocycles. The highest BCUT2D eigenvalue weighted by molar-refractivity contribution is 5.55. The summed E-state index contributed by atoms with van der Waals surface area (Å²) in [5.74, 6) is 0. The molecule has 0 saturated carbocycles. The Morgan fingerprint density at radius 3 is 1.96 bits per heavy atom. The highest BCUT2D eigenvalue weighted by Crippen LogP contribution is 2.24. The standard InChI is InChI=1S/C22H30O/c1-9-16(2)12-13-17(3)19(5)15-20(6)22(8)21(7)18(4)11-10-14-23/h11-13,15,23H,2-3,5,7-10,14H2,1,4,6H3/b13-12-,18-11-,20-15-. The van der Waals surface area contributed by atoms with Gasteiger partial charge in [0.25, 0.3) is 0 Å². The van der Waals surface area contributed by atoms with Crippen LogP contribution in [0.2, 0.25) is 0 Å². The summed E-state index contributed by atoms with van der Waals surface area (Å²) in [5, 5.41) is 8.89. The van der Waals surface area contributed by atoms with Gasteiger partial charge in [-0.05, 0) is 60.1 Å². The summed E-state index contributed by atoms with van der Waals surface area (Å²) in [7, 11) is 0. The first-order valence-electron chi connectivity index (χ1n) is 7.83. The second kappa shape index (κ2) is 10.6. The molecule has 23 heavy (non-hydrogen) atoms. The van der Waals surface area contributed by atoms with E-state index in [2.05, 4.69) is 39.8 Å². The van der Waals surface area contributed by atoms with E-state index in [1.54, 1.807) is 0 Å². The molecule has 0 aliphatic heterocycles. The van der Waals surface area contributed by atoms with Crippen molar-refractivity contribution in [2.24, 2.45) is 0 Å². The molecule has 0 unspecified atom stereocenters. The molecule has 1 N–H and O–H groups in total. The van der Waals surface area contributed by atoms with Crippen molar-refractivity contribution in [3.63, 3.8) is 0 Å². The Kier molecular flexibility index (Phi) is 9.60. The van der Waals surface area contributed by atoms with Crippen LogP contribution in [0.15, 0.2) is 96.2 Å². The van der Waals surface area contributed by atoms with Crippen LogP contribution in [0.5, 0.6) is 0 Å². The lowest BCUT2D eigenvalue weighted by atomic mass is 9.93. The number of allylic oxidation sites excluding steroid dienone is 10. The van der Waals surface area contributed by atoms with Gasteiger partial charge in [-0.15, -0.1) is 0 Å². The molecule has 0 amide bonds. The number of hydrogen-bond acceptors (Lipinski definition) is 1. The Morgan fingerprint density at radius 1 is 0.870 bits per heavy atom. The maximum atomic E-state index is 8.89. The molecule has 124 valence electrons. The van der Waals surface area contributed by atoms with Crippen molar-refractivity contribution >= 4 is 0 Å². The smallest absolute Gasteiger partial charge is 0.0465 e. The van der Waals surface area contributed by atoms with Gasteiger partial charge in [-0.2, -0.15) is 0 Å². The van der Waals surface area contributed by atoms with Gasteiger partial charge < -0.3 is 5.11 Å². The molecule has 1 nitrogen and oxygen atoms in total. The Balaban J connectivity index is 5.00. The zero-order chi connectivity index (χ0) is 18.0. The van der Waals surface area contributed by atoms with Crippen molar-refractivity contribution in [3.8, 4) is 0 Å². The van der Waals surface area contributed by atoms with E-state index in [9.17, 15) is 0 Å². The van der Waals surface area contributed by atoms with E-state index >= 15 is 0 Å². The lowest BCUT2D eigenvalue weighted by molar-refractivity contribution is 0.302. The van der Waals surface area contributed by atoms with Gasteiger partial charge in [0.2, 0.25) is 0 Å². The summed E-state index contributed by atoms with van der Waals surface area (Å²) < 4.78 is 0. The molecule has 0 atom stereocenters. The molecule has 0 fully saturated rings. The van der Waals surface area contributed by atoms with Crippen LogP contribution in [-0.2, 0) is 0 Å². The summed E-state index contributed by atoms with van der Waals surface area (Å²) in [6.07, 6.45) is 9.37. The van der Waals surface area contributed by atoms with Crippen LogP contribution in [0.1, 0.15) is 33.6 Å². The minimum absolute atomic E-state index is 0.137. The number of aliphatic hydroxyl groups excluding tert-OH is 1. The predicted molar refractivity (Wildman–Crippen MR) is 104 cm³/mol. The van der Waals surface area contributed by atoms with E-state index in [0.717, 1.165) is 45.4 Å². The summed E-state index contributed by atoms with van der Waals surface area (Å²) in [4.78, 5) is 0. The van der Waals surface area contributed by atoms with Crippen LogP contribution in [0.4, 0.5) is 0 Å². The minimum Gasteiger partial charge on any atom is -0.396 e. The average Bonchev–Trinajstić information content (AvgIpc) is 2.55. The van der Waals surface area contributed by atoms with Crippen molar-refractivity contribution in [1.29, 1.82) is 0 Å². The molecule has 0 aliphatic rings. The van der Waals surface area contributed by atoms with Gasteiger partial charge in [0.1, 0.15) is 0 Å². The predicted octanol–water partition coefficient (Wildman–Crippen LogP) is 6.01. The molecule has 0 aromatic rings. The first-order valence-corrected chi connectivity index (χ1v) is 7.83. The van der Waals surface area contributed by atoms with E-state index in [1.807, 2.05) is 38.2 Å². The monoisotopic (exact) mass is 310 g/mol. The molecular formula is C22H30O. The lowest BCUT2D eigenvalue weighted by Crippen LogP contribution is -1.93. The third-order valence-electron chi connectivity index (χ3n) is 3.67. The van der Waals surface area contributed by atoms with Gasteiger partial charge in [0.15, 0.2) is 0 Å². The molecule has 0 aliphatic carbocycles. The molecule has 0 heterocycles. The first kappa shape index (κ1) is 20.9. The molecule has 0 aromatic heterocycles. The third kappa shape index (κ3) is 7.62. The average molecular weight is 310 g/mol. The van der Waals surface area contributed by atoms with E-state index < -0.39 is 0 Å². The number of aliphatic hydroxyl groups is 1. The van der Waals surface area contributed by atoms with Crippen molar-refractivity contribution in [2.75, 3.05) is 6.61 Å². The largest absolute Gasteiger partial charge is 0.396 e. The van der Waals surface area contributed by atoms with Gasteiger partial charge in [-0.25, -0.2) is 0 Å². The fraction of sp³-hybridized carbons (Fsp3) is 0.273. The van der Waals surface area contributed by atoms with Gasteiger partial charge in [0, 0.05) is 6.61 Å². The zero-order valence-corrected chi connectivity index (χ0v) is 14.9. The normalized spacial score (nSPS) is 12.3. The van der Waals surface area contributed by atoms with E-state index in [1.165, 1.54) is 0 Å². The maximum absolute atomic E-state index is 8.89. The Bertz CT molecular complexity index is 591. The molecule has 0 spiro atoms. The molecule has 0 radical (unpaired) electrons. The third-order valence-corrected chi connectivity index (χ3v) is 3.67. The lowest BCUT2D eigenvalue weighted by Gasteiger charge is -2.12. The SMILES string of the molecule is C=C(/C=C\C(=C)C(=C)/C=C(/C)C(=C)C(=C)/C(C)=C\CCO)CC. The second-order valence-corrected chi connectivity index (χ2v) is 5.58. The van der Waals surface area contributed by atoms with Gasteiger partial charge >= 0.3 is 0 Å². The van der Waals surface area contributed by atoms with Crippen LogP contribution in [0.3, 0.4) is 0 Å². The van der Waals surface area contributed by atoms with Crippen molar-refractivity contribution in [2.45, 2.75) is 33.6 Å². The summed E-state index contributed by atoms with van der Waals surface area (Å²) in [6.45, 7) is 26.4. The van der Waals surface area contributed by atoms with Gasteiger partial charge in [0.05, 0.1) is 0 Å². The van der Waals surface area contributed by atoms with Crippen LogP contribution in [0, 0.1) is 0 Å². The molecule has 0 rings (SSSR count). The van der Waals surface area contributed by atoms with E-state index in [0.29, 0.717) is 6.42 Å². The van der Waals surface area contributed by atoms with Crippen molar-refractivity contribution in [3.05, 3.63) is 96.2 Å². The maximum Gasteiger partial charge on any atom is 0.0465 e. The zero-order valence-electron chi connectivity index (χ0n) is 14.9. The topological polar surface area (TPSA) is 20.2 Å². The fourth-order valence-corrected chi connectivity index (χ4v) is 1.76. The van der Waals surface area contributed by atoms with Gasteiger partial charge in [-0.3, -0.25) is 0 Å². The van der Waals surface area contributed by atoms with Crippen LogP contribution in [0.25, 0.3) is 0 Å². The molecule has 1 heteroatoms. The quantitative estimate of drug-likeness (QED) is 0.490. The number of rotatable bonds is 10. The van der Waals surface area contributed by atoms with E-state index in [-0.39, 0.29) is 6.61 Å².